The van der Waals surface area contributed by atoms with Crippen molar-refractivity contribution in [1.82, 2.24) is 0 Å². The second kappa shape index (κ2) is 5.21. The van der Waals surface area contributed by atoms with E-state index < -0.39 is 0 Å². The van der Waals surface area contributed by atoms with E-state index in [2.05, 4.69) is 13.8 Å². The van der Waals surface area contributed by atoms with Crippen molar-refractivity contribution in [2.75, 3.05) is 0 Å². The molecule has 0 unspecified atom stereocenters. The minimum absolute atomic E-state index is 0.128. The first-order valence-corrected chi connectivity index (χ1v) is 5.06. The molecule has 0 saturated carbocycles. The summed E-state index contributed by atoms with van der Waals surface area (Å²) in [6.07, 6.45) is 0.916. The molecule has 0 spiro atoms. The molecule has 0 bridgehead atoms. The highest BCUT2D eigenvalue weighted by molar-refractivity contribution is 5.97. The van der Waals surface area contributed by atoms with E-state index in [9.17, 15) is 4.79 Å². The molecule has 0 amide bonds. The summed E-state index contributed by atoms with van der Waals surface area (Å²) in [7, 11) is 0. The number of carbonyl (C=O) groups is 1. The Bertz CT molecular complexity index is 205. The summed E-state index contributed by atoms with van der Waals surface area (Å²) in [6.45, 7) is 12.3. The van der Waals surface area contributed by atoms with Crippen molar-refractivity contribution < 1.29 is 4.79 Å². The molecular weight excluding hydrogens is 160 g/mol. The fourth-order valence-corrected chi connectivity index (χ4v) is 1.31. The Hall–Kier alpha value is -0.590. The summed E-state index contributed by atoms with van der Waals surface area (Å²) in [5.74, 6) is 1.00. The van der Waals surface area contributed by atoms with Crippen LogP contribution in [0, 0.1) is 11.8 Å². The predicted octanol–water partition coefficient (Wildman–Crippen LogP) is 3.59. The summed E-state index contributed by atoms with van der Waals surface area (Å²) in [5, 5.41) is 0. The maximum Gasteiger partial charge on any atom is 0.161 e. The van der Waals surface area contributed by atoms with E-state index in [4.69, 9.17) is 0 Å². The van der Waals surface area contributed by atoms with E-state index in [0.29, 0.717) is 11.7 Å². The molecule has 0 saturated heterocycles. The number of carbonyl (C=O) groups excluding carboxylic acids is 1. The molecule has 0 aliphatic heterocycles. The van der Waals surface area contributed by atoms with Gasteiger partial charge >= 0.3 is 0 Å². The summed E-state index contributed by atoms with van der Waals surface area (Å²) in [4.78, 5) is 11.8. The predicted molar refractivity (Wildman–Crippen MR) is 57.7 cm³/mol. The highest BCUT2D eigenvalue weighted by Crippen LogP contribution is 2.19. The van der Waals surface area contributed by atoms with Crippen LogP contribution < -0.4 is 0 Å². The van der Waals surface area contributed by atoms with Crippen LogP contribution in [0.5, 0.6) is 0 Å². The summed E-state index contributed by atoms with van der Waals surface area (Å²) in [5.41, 5.74) is 2.21. The van der Waals surface area contributed by atoms with Gasteiger partial charge in [0.1, 0.15) is 0 Å². The third kappa shape index (κ3) is 4.25. The Morgan fingerprint density at radius 3 is 1.77 bits per heavy atom. The smallest absolute Gasteiger partial charge is 0.161 e. The fourth-order valence-electron chi connectivity index (χ4n) is 1.31. The zero-order valence-electron chi connectivity index (χ0n) is 9.77. The average Bonchev–Trinajstić information content (AvgIpc) is 1.97. The van der Waals surface area contributed by atoms with Crippen LogP contribution in [0.4, 0.5) is 0 Å². The van der Waals surface area contributed by atoms with Gasteiger partial charge in [0.25, 0.3) is 0 Å². The third-order valence-corrected chi connectivity index (χ3v) is 2.04. The minimum atomic E-state index is 0.128. The number of rotatable bonds is 4. The minimum Gasteiger partial charge on any atom is -0.294 e. The molecule has 0 rings (SSSR count). The molecule has 0 heterocycles. The second-order valence-corrected chi connectivity index (χ2v) is 4.60. The van der Waals surface area contributed by atoms with Gasteiger partial charge in [0.05, 0.1) is 0 Å². The molecule has 0 fully saturated rings. The van der Waals surface area contributed by atoms with Gasteiger partial charge in [-0.1, -0.05) is 33.3 Å². The van der Waals surface area contributed by atoms with Crippen molar-refractivity contribution in [2.45, 2.75) is 48.0 Å². The summed E-state index contributed by atoms with van der Waals surface area (Å²) in [6, 6.07) is 0. The Balaban J connectivity index is 4.65. The van der Waals surface area contributed by atoms with E-state index in [1.54, 1.807) is 0 Å². The van der Waals surface area contributed by atoms with Crippen molar-refractivity contribution in [2.24, 2.45) is 11.8 Å². The van der Waals surface area contributed by atoms with Gasteiger partial charge in [0.2, 0.25) is 0 Å². The Labute approximate surface area is 82.2 Å². The molecule has 0 aromatic carbocycles. The lowest BCUT2D eigenvalue weighted by Crippen LogP contribution is -2.13. The lowest BCUT2D eigenvalue weighted by Gasteiger charge is -2.13. The van der Waals surface area contributed by atoms with Crippen LogP contribution in [-0.2, 0) is 4.79 Å². The molecule has 0 atom stereocenters. The van der Waals surface area contributed by atoms with E-state index in [-0.39, 0.29) is 5.92 Å². The van der Waals surface area contributed by atoms with Crippen LogP contribution in [0.3, 0.4) is 0 Å². The molecule has 0 N–H and O–H groups in total. The monoisotopic (exact) mass is 182 g/mol. The maximum absolute atomic E-state index is 11.8. The Kier molecular flexibility index (Phi) is 4.97. The molecule has 1 heteroatoms. The van der Waals surface area contributed by atoms with Crippen molar-refractivity contribution in [3.05, 3.63) is 11.1 Å². The van der Waals surface area contributed by atoms with Crippen molar-refractivity contribution >= 4 is 5.78 Å². The highest BCUT2D eigenvalue weighted by atomic mass is 16.1. The molecular formula is C12H22O. The van der Waals surface area contributed by atoms with Gasteiger partial charge in [-0.2, -0.15) is 0 Å². The second-order valence-electron chi connectivity index (χ2n) is 4.60. The van der Waals surface area contributed by atoms with Gasteiger partial charge in [-0.3, -0.25) is 4.79 Å². The zero-order valence-corrected chi connectivity index (χ0v) is 9.77. The van der Waals surface area contributed by atoms with Crippen LogP contribution in [-0.4, -0.2) is 5.78 Å². The number of hydrogen-bond acceptors (Lipinski definition) is 1. The van der Waals surface area contributed by atoms with Gasteiger partial charge in [0.15, 0.2) is 5.78 Å². The van der Waals surface area contributed by atoms with Crippen LogP contribution in [0.15, 0.2) is 11.1 Å². The maximum atomic E-state index is 11.8. The lowest BCUT2D eigenvalue weighted by molar-refractivity contribution is -0.118. The number of Topliss-reactive ketones (excluding diaryl/α,β-unsaturated/α-hetero) is 1. The lowest BCUT2D eigenvalue weighted by atomic mass is 9.91. The van der Waals surface area contributed by atoms with Gasteiger partial charge in [-0.15, -0.1) is 0 Å². The van der Waals surface area contributed by atoms with E-state index in [1.807, 2.05) is 27.7 Å². The average molecular weight is 182 g/mol. The topological polar surface area (TPSA) is 17.1 Å². The van der Waals surface area contributed by atoms with E-state index in [1.165, 1.54) is 5.57 Å². The van der Waals surface area contributed by atoms with Gasteiger partial charge < -0.3 is 0 Å². The van der Waals surface area contributed by atoms with Crippen molar-refractivity contribution in [3.63, 3.8) is 0 Å². The summed E-state index contributed by atoms with van der Waals surface area (Å²) >= 11 is 0. The third-order valence-electron chi connectivity index (χ3n) is 2.04. The number of allylic oxidation sites excluding steroid dienone is 2. The van der Waals surface area contributed by atoms with Crippen molar-refractivity contribution in [3.8, 4) is 0 Å². The fraction of sp³-hybridized carbons (Fsp3) is 0.750. The quantitative estimate of drug-likeness (QED) is 0.607. The van der Waals surface area contributed by atoms with Crippen LogP contribution >= 0.6 is 0 Å². The van der Waals surface area contributed by atoms with E-state index >= 15 is 0 Å². The van der Waals surface area contributed by atoms with Crippen molar-refractivity contribution in [1.29, 1.82) is 0 Å². The number of hydrogen-bond donors (Lipinski definition) is 0. The Morgan fingerprint density at radius 1 is 1.08 bits per heavy atom. The van der Waals surface area contributed by atoms with E-state index in [0.717, 1.165) is 12.0 Å². The molecule has 0 aromatic rings. The summed E-state index contributed by atoms with van der Waals surface area (Å²) < 4.78 is 0. The molecule has 1 nitrogen and oxygen atoms in total. The molecule has 76 valence electrons. The highest BCUT2D eigenvalue weighted by Gasteiger charge is 2.15. The van der Waals surface area contributed by atoms with Crippen LogP contribution in [0.1, 0.15) is 48.0 Å². The van der Waals surface area contributed by atoms with Crippen LogP contribution in [0.2, 0.25) is 0 Å². The number of ketones is 1. The zero-order chi connectivity index (χ0) is 10.6. The SMILES string of the molecule is CC(C)=C(CC(C)C)C(=O)C(C)C. The molecule has 0 aliphatic rings. The first kappa shape index (κ1) is 12.4. The molecule has 0 radical (unpaired) electrons. The van der Waals surface area contributed by atoms with Gasteiger partial charge in [0, 0.05) is 5.92 Å². The first-order valence-electron chi connectivity index (χ1n) is 5.06. The van der Waals surface area contributed by atoms with Crippen LogP contribution in [0.25, 0.3) is 0 Å². The van der Waals surface area contributed by atoms with Gasteiger partial charge in [-0.25, -0.2) is 0 Å². The largest absolute Gasteiger partial charge is 0.294 e. The molecule has 0 aliphatic carbocycles. The first-order chi connectivity index (χ1) is 5.86. The van der Waals surface area contributed by atoms with Gasteiger partial charge in [-0.05, 0) is 31.8 Å². The molecule has 13 heavy (non-hydrogen) atoms. The standard InChI is InChI=1S/C12H22O/c1-8(2)7-11(9(3)4)12(13)10(5)6/h8,10H,7H2,1-6H3. The Morgan fingerprint density at radius 2 is 1.54 bits per heavy atom. The normalized spacial score (nSPS) is 10.8. The molecule has 0 aromatic heterocycles.